The third kappa shape index (κ3) is 3.82. The van der Waals surface area contributed by atoms with Crippen LogP contribution in [0.2, 0.25) is 0 Å². The highest BCUT2D eigenvalue weighted by Crippen LogP contribution is 2.16. The maximum atomic E-state index is 7.91. The molecule has 0 N–H and O–H groups in total. The van der Waals surface area contributed by atoms with E-state index in [9.17, 15) is 0 Å². The van der Waals surface area contributed by atoms with Crippen molar-refractivity contribution in [3.63, 3.8) is 0 Å². The van der Waals surface area contributed by atoms with Crippen LogP contribution in [0.1, 0.15) is 40.9 Å². The van der Waals surface area contributed by atoms with Gasteiger partial charge in [-0.05, 0) is 25.0 Å². The molecular formula is C13H20O. The summed E-state index contributed by atoms with van der Waals surface area (Å²) in [6.45, 7) is 4.17. The van der Waals surface area contributed by atoms with Crippen LogP contribution in [0.15, 0.2) is 30.3 Å². The molecule has 1 aromatic rings. The summed E-state index contributed by atoms with van der Waals surface area (Å²) in [7, 11) is 0. The Morgan fingerprint density at radius 1 is 1.21 bits per heavy atom. The molecule has 0 aromatic heterocycles. The second-order valence-corrected chi connectivity index (χ2v) is 3.40. The molecular weight excluding hydrogens is 172 g/mol. The summed E-state index contributed by atoms with van der Waals surface area (Å²) < 4.78 is 13.7. The minimum Gasteiger partial charge on any atom is -0.490 e. The summed E-state index contributed by atoms with van der Waals surface area (Å²) in [6, 6.07) is 9.79. The Bertz CT molecular complexity index is 260. The highest BCUT2D eigenvalue weighted by Gasteiger charge is 2.07. The van der Waals surface area contributed by atoms with Gasteiger partial charge in [-0.25, -0.2) is 0 Å². The Hall–Kier alpha value is -0.980. The van der Waals surface area contributed by atoms with Crippen LogP contribution < -0.4 is 4.74 Å². The molecule has 14 heavy (non-hydrogen) atoms. The average molecular weight is 193 g/mol. The second-order valence-electron chi connectivity index (χ2n) is 3.40. The maximum absolute atomic E-state index is 7.91. The molecule has 0 saturated heterocycles. The van der Waals surface area contributed by atoms with Crippen molar-refractivity contribution in [2.75, 3.05) is 0 Å². The van der Waals surface area contributed by atoms with Crippen molar-refractivity contribution >= 4 is 0 Å². The van der Waals surface area contributed by atoms with E-state index in [2.05, 4.69) is 6.92 Å². The minimum absolute atomic E-state index is 0.0300. The van der Waals surface area contributed by atoms with Crippen molar-refractivity contribution in [3.05, 3.63) is 30.3 Å². The van der Waals surface area contributed by atoms with Gasteiger partial charge in [0.05, 0.1) is 6.10 Å². The number of benzene rings is 1. The van der Waals surface area contributed by atoms with E-state index in [4.69, 9.17) is 6.11 Å². The molecule has 1 heteroatoms. The Labute approximate surface area is 88.5 Å². The summed E-state index contributed by atoms with van der Waals surface area (Å²) in [4.78, 5) is 0. The number of hydrogen-bond acceptors (Lipinski definition) is 1. The quantitative estimate of drug-likeness (QED) is 0.662. The molecule has 0 heterocycles. The van der Waals surface area contributed by atoms with Crippen LogP contribution in [-0.2, 0) is 0 Å². The van der Waals surface area contributed by atoms with Crippen LogP contribution in [0.25, 0.3) is 0 Å². The van der Waals surface area contributed by atoms with Crippen molar-refractivity contribution in [1.82, 2.24) is 0 Å². The first-order chi connectivity index (χ1) is 7.27. The number of para-hydroxylation sites is 1. The Morgan fingerprint density at radius 2 is 1.93 bits per heavy atom. The zero-order chi connectivity index (χ0) is 11.1. The molecule has 0 aliphatic heterocycles. The van der Waals surface area contributed by atoms with Gasteiger partial charge in [-0.3, -0.25) is 0 Å². The topological polar surface area (TPSA) is 9.23 Å². The Balaban J connectivity index is 2.58. The van der Waals surface area contributed by atoms with Gasteiger partial charge in [0.1, 0.15) is 5.75 Å². The van der Waals surface area contributed by atoms with Gasteiger partial charge in [-0.15, -0.1) is 0 Å². The number of hydrogen-bond donors (Lipinski definition) is 0. The first-order valence-electron chi connectivity index (χ1n) is 5.99. The van der Waals surface area contributed by atoms with Crippen molar-refractivity contribution in [2.24, 2.45) is 0 Å². The second kappa shape index (κ2) is 6.47. The van der Waals surface area contributed by atoms with Crippen LogP contribution in [0.4, 0.5) is 0 Å². The lowest BCUT2D eigenvalue weighted by atomic mass is 10.1. The van der Waals surface area contributed by atoms with E-state index in [1.807, 2.05) is 37.3 Å². The van der Waals surface area contributed by atoms with Gasteiger partial charge in [-0.1, -0.05) is 44.9 Å². The van der Waals surface area contributed by atoms with Crippen LogP contribution in [0.3, 0.4) is 0 Å². The van der Waals surface area contributed by atoms with Crippen LogP contribution in [-0.4, -0.2) is 6.10 Å². The molecule has 0 radical (unpaired) electrons. The largest absolute Gasteiger partial charge is 0.490 e. The molecule has 0 aliphatic carbocycles. The summed E-state index contributed by atoms with van der Waals surface area (Å²) in [5.74, 6) is 0.877. The van der Waals surface area contributed by atoms with Crippen molar-refractivity contribution in [3.8, 4) is 5.75 Å². The predicted molar refractivity (Wildman–Crippen MR) is 60.7 cm³/mol. The van der Waals surface area contributed by atoms with Gasteiger partial charge in [0.15, 0.2) is 0 Å². The van der Waals surface area contributed by atoms with Gasteiger partial charge >= 0.3 is 0 Å². The van der Waals surface area contributed by atoms with Gasteiger partial charge in [0.2, 0.25) is 0 Å². The molecule has 1 aromatic carbocycles. The number of rotatable bonds is 6. The fraction of sp³-hybridized carbons (Fsp3) is 0.538. The third-order valence-corrected chi connectivity index (χ3v) is 2.10. The molecule has 0 fully saturated rings. The molecule has 1 rings (SSSR count). The third-order valence-electron chi connectivity index (χ3n) is 2.10. The SMILES string of the molecule is [2H][C@H](CC)[C@@H](CCC)Oc1ccccc1. The van der Waals surface area contributed by atoms with E-state index >= 15 is 0 Å². The van der Waals surface area contributed by atoms with Crippen molar-refractivity contribution in [2.45, 2.75) is 45.6 Å². The highest BCUT2D eigenvalue weighted by atomic mass is 16.5. The lowest BCUT2D eigenvalue weighted by Crippen LogP contribution is -2.15. The predicted octanol–water partition coefficient (Wildman–Crippen LogP) is 4.03. The molecule has 0 amide bonds. The molecule has 1 nitrogen and oxygen atoms in total. The molecule has 0 unspecified atom stereocenters. The molecule has 0 bridgehead atoms. The van der Waals surface area contributed by atoms with Gasteiger partial charge in [0.25, 0.3) is 0 Å². The van der Waals surface area contributed by atoms with E-state index in [0.717, 1.165) is 25.0 Å². The summed E-state index contributed by atoms with van der Waals surface area (Å²) in [5.41, 5.74) is 0. The van der Waals surface area contributed by atoms with E-state index in [0.29, 0.717) is 0 Å². The van der Waals surface area contributed by atoms with Crippen LogP contribution >= 0.6 is 0 Å². The summed E-state index contributed by atoms with van der Waals surface area (Å²) in [6.07, 6.45) is 2.77. The van der Waals surface area contributed by atoms with E-state index in [1.54, 1.807) is 0 Å². The fourth-order valence-corrected chi connectivity index (χ4v) is 1.45. The monoisotopic (exact) mass is 193 g/mol. The average Bonchev–Trinajstić information content (AvgIpc) is 2.29. The van der Waals surface area contributed by atoms with Crippen molar-refractivity contribution < 1.29 is 6.11 Å². The standard InChI is InChI=1S/C13H20O/c1-3-8-12(9-4-2)14-13-10-6-5-7-11-13/h5-7,10-12H,3-4,8-9H2,1-2H3/i8D/t8-,12+/m1/s1. The zero-order valence-electron chi connectivity index (χ0n) is 10.1. The van der Waals surface area contributed by atoms with E-state index < -0.39 is 0 Å². The normalized spacial score (nSPS) is 15.7. The van der Waals surface area contributed by atoms with Gasteiger partial charge < -0.3 is 4.74 Å². The Kier molecular flexibility index (Phi) is 4.42. The van der Waals surface area contributed by atoms with Crippen LogP contribution in [0.5, 0.6) is 5.75 Å². The molecule has 0 saturated carbocycles. The lowest BCUT2D eigenvalue weighted by Gasteiger charge is -2.17. The maximum Gasteiger partial charge on any atom is 0.119 e. The minimum atomic E-state index is -0.120. The van der Waals surface area contributed by atoms with E-state index in [1.165, 1.54) is 0 Å². The Morgan fingerprint density at radius 3 is 2.50 bits per heavy atom. The first-order valence-corrected chi connectivity index (χ1v) is 5.41. The molecule has 78 valence electrons. The molecule has 0 aliphatic rings. The summed E-state index contributed by atoms with van der Waals surface area (Å²) >= 11 is 0. The fourth-order valence-electron chi connectivity index (χ4n) is 1.45. The highest BCUT2D eigenvalue weighted by molar-refractivity contribution is 5.21. The lowest BCUT2D eigenvalue weighted by molar-refractivity contribution is 0.179. The smallest absolute Gasteiger partial charge is 0.119 e. The summed E-state index contributed by atoms with van der Waals surface area (Å²) in [5, 5.41) is 0. The molecule has 2 atom stereocenters. The van der Waals surface area contributed by atoms with Crippen molar-refractivity contribution in [1.29, 1.82) is 0 Å². The zero-order valence-corrected chi connectivity index (χ0v) is 9.07. The first kappa shape index (κ1) is 9.57. The van der Waals surface area contributed by atoms with Gasteiger partial charge in [0, 0.05) is 1.37 Å². The van der Waals surface area contributed by atoms with E-state index in [-0.39, 0.29) is 12.5 Å². The number of ether oxygens (including phenoxy) is 1. The van der Waals surface area contributed by atoms with Crippen LogP contribution in [0, 0.1) is 0 Å². The molecule has 0 spiro atoms. The van der Waals surface area contributed by atoms with Gasteiger partial charge in [-0.2, -0.15) is 0 Å².